The molecule has 0 radical (unpaired) electrons. The van der Waals surface area contributed by atoms with Crippen LogP contribution >= 0.6 is 34.7 Å². The van der Waals surface area contributed by atoms with Gasteiger partial charge < -0.3 is 21.0 Å². The number of pyridine rings is 1. The van der Waals surface area contributed by atoms with E-state index in [-0.39, 0.29) is 26.6 Å². The summed E-state index contributed by atoms with van der Waals surface area (Å²) in [6, 6.07) is 4.75. The number of aliphatic carboxylic acids is 1. The molecule has 3 aromatic rings. The molecule has 36 heavy (non-hydrogen) atoms. The van der Waals surface area contributed by atoms with Gasteiger partial charge in [-0.05, 0) is 6.07 Å². The highest BCUT2D eigenvalue weighted by Crippen LogP contribution is 2.40. The van der Waals surface area contributed by atoms with Gasteiger partial charge in [-0.3, -0.25) is 14.5 Å². The lowest BCUT2D eigenvalue weighted by Crippen LogP contribution is -2.71. The Labute approximate surface area is 217 Å². The van der Waals surface area contributed by atoms with Crippen molar-refractivity contribution in [1.29, 1.82) is 0 Å². The molecule has 5 rings (SSSR count). The van der Waals surface area contributed by atoms with Gasteiger partial charge in [0.15, 0.2) is 10.8 Å². The molecule has 5 heterocycles. The normalized spacial score (nSPS) is 19.8. The molecular weight excluding hydrogens is 530 g/mol. The number of fused-ring (bicyclic) bond motifs is 2. The third kappa shape index (κ3) is 4.06. The van der Waals surface area contributed by atoms with E-state index in [0.717, 1.165) is 17.0 Å². The molecule has 15 heteroatoms. The lowest BCUT2D eigenvalue weighted by Gasteiger charge is -2.49. The Bertz CT molecular complexity index is 1470. The van der Waals surface area contributed by atoms with Crippen LogP contribution in [-0.4, -0.2) is 67.2 Å². The first-order valence-corrected chi connectivity index (χ1v) is 12.7. The molecule has 0 saturated carbocycles. The standard InChI is InChI=1S/C21H18ClN7O5S2/c1-34-26-13(12-16(22)36-21(23)25-12)17(30)24-14-18(31)29-15(20(32)33)10(9-35-19(14)29)8-28-7-6-27-5-3-2-4-11(27)28/h2-7,14,19H,8-9H2,1H3,(H3-,23,24,25,30,32,33)/p+1/t14-,19+/m1/s1. The van der Waals surface area contributed by atoms with E-state index < -0.39 is 29.2 Å². The Morgan fingerprint density at radius 3 is 2.92 bits per heavy atom. The molecule has 2 aliphatic heterocycles. The van der Waals surface area contributed by atoms with Crippen LogP contribution in [0.4, 0.5) is 5.13 Å². The van der Waals surface area contributed by atoms with Crippen molar-refractivity contribution in [2.75, 3.05) is 18.6 Å². The molecule has 0 spiro atoms. The number of rotatable bonds is 7. The molecule has 1 saturated heterocycles. The largest absolute Gasteiger partial charge is 0.477 e. The predicted molar refractivity (Wildman–Crippen MR) is 132 cm³/mol. The van der Waals surface area contributed by atoms with Gasteiger partial charge in [0.05, 0.1) is 6.20 Å². The van der Waals surface area contributed by atoms with Crippen LogP contribution in [0, 0.1) is 0 Å². The number of carbonyl (C=O) groups is 3. The number of hydrogen-bond donors (Lipinski definition) is 3. The zero-order chi connectivity index (χ0) is 25.6. The quantitative estimate of drug-likeness (QED) is 0.169. The number of halogens is 1. The summed E-state index contributed by atoms with van der Waals surface area (Å²) in [6.45, 7) is 0.303. The number of oxime groups is 1. The first-order chi connectivity index (χ1) is 17.3. The number of β-lactam (4-membered cyclic amide) rings is 1. The number of carboxylic acids is 1. The average molecular weight is 549 g/mol. The Morgan fingerprint density at radius 1 is 1.42 bits per heavy atom. The number of aromatic nitrogens is 3. The van der Waals surface area contributed by atoms with Crippen molar-refractivity contribution in [2.45, 2.75) is 18.0 Å². The Hall–Kier alpha value is -3.62. The zero-order valence-corrected chi connectivity index (χ0v) is 21.0. The van der Waals surface area contributed by atoms with Crippen LogP contribution in [-0.2, 0) is 25.8 Å². The Morgan fingerprint density at radius 2 is 2.22 bits per heavy atom. The van der Waals surface area contributed by atoms with Crippen LogP contribution in [0.2, 0.25) is 4.34 Å². The van der Waals surface area contributed by atoms with E-state index in [2.05, 4.69) is 15.5 Å². The van der Waals surface area contributed by atoms with Gasteiger partial charge >= 0.3 is 5.97 Å². The van der Waals surface area contributed by atoms with E-state index in [1.54, 1.807) is 0 Å². The molecule has 4 N–H and O–H groups in total. The van der Waals surface area contributed by atoms with Crippen LogP contribution in [0.25, 0.3) is 5.65 Å². The third-order valence-corrected chi connectivity index (χ3v) is 8.11. The maximum Gasteiger partial charge on any atom is 0.352 e. The fourth-order valence-electron chi connectivity index (χ4n) is 4.15. The smallest absolute Gasteiger partial charge is 0.352 e. The molecule has 0 bridgehead atoms. The SMILES string of the molecule is CON=C(C(=O)N[C@@H]1C(=O)N2C(C(=O)O)=C(C[n+]3ccn4ccccc43)CS[C@@H]12)c1nc(N)sc1Cl. The Balaban J connectivity index is 1.38. The monoisotopic (exact) mass is 548 g/mol. The minimum Gasteiger partial charge on any atom is -0.477 e. The van der Waals surface area contributed by atoms with E-state index >= 15 is 0 Å². The lowest BCUT2D eigenvalue weighted by atomic mass is 10.0. The predicted octanol–water partition coefficient (Wildman–Crippen LogP) is 0.708. The second-order valence-corrected chi connectivity index (χ2v) is 10.5. The summed E-state index contributed by atoms with van der Waals surface area (Å²) in [7, 11) is 1.25. The van der Waals surface area contributed by atoms with Gasteiger partial charge in [-0.1, -0.05) is 34.2 Å². The van der Waals surface area contributed by atoms with Crippen LogP contribution < -0.4 is 15.6 Å². The average Bonchev–Trinajstić information content (AvgIpc) is 3.42. The molecular formula is C21H19ClN7O5S2+. The number of nitrogens with two attached hydrogens (primary N) is 1. The van der Waals surface area contributed by atoms with Crippen LogP contribution in [0.5, 0.6) is 0 Å². The zero-order valence-electron chi connectivity index (χ0n) is 18.6. The van der Waals surface area contributed by atoms with E-state index in [1.807, 2.05) is 45.8 Å². The van der Waals surface area contributed by atoms with Crippen molar-refractivity contribution in [2.24, 2.45) is 5.16 Å². The van der Waals surface area contributed by atoms with Crippen LogP contribution in [0.1, 0.15) is 5.69 Å². The van der Waals surface area contributed by atoms with E-state index in [0.29, 0.717) is 17.9 Å². The van der Waals surface area contributed by atoms with E-state index in [1.165, 1.54) is 23.8 Å². The first kappa shape index (κ1) is 24.1. The summed E-state index contributed by atoms with van der Waals surface area (Å²) in [5.41, 5.74) is 6.86. The number of thiazole rings is 1. The number of carbonyl (C=O) groups excluding carboxylic acids is 2. The summed E-state index contributed by atoms with van der Waals surface area (Å²) in [5, 5.41) is 15.8. The van der Waals surface area contributed by atoms with Crippen LogP contribution in [0.15, 0.2) is 53.2 Å². The molecule has 2 atom stereocenters. The van der Waals surface area contributed by atoms with Gasteiger partial charge in [-0.15, -0.1) is 11.8 Å². The number of hydrogen-bond acceptors (Lipinski definition) is 9. The van der Waals surface area contributed by atoms with Gasteiger partial charge in [-0.25, -0.2) is 18.7 Å². The summed E-state index contributed by atoms with van der Waals surface area (Å²) in [6.07, 6.45) is 5.62. The minimum atomic E-state index is -1.20. The number of nitrogens with zero attached hydrogens (tertiary/aromatic N) is 5. The summed E-state index contributed by atoms with van der Waals surface area (Å²) >= 11 is 8.45. The number of amides is 2. The van der Waals surface area contributed by atoms with E-state index in [4.69, 9.17) is 22.2 Å². The number of thioether (sulfide) groups is 1. The van der Waals surface area contributed by atoms with Crippen LogP contribution in [0.3, 0.4) is 0 Å². The summed E-state index contributed by atoms with van der Waals surface area (Å²) in [5.74, 6) is -2.12. The minimum absolute atomic E-state index is 0.0312. The van der Waals surface area contributed by atoms with Gasteiger partial charge in [0.2, 0.25) is 0 Å². The first-order valence-electron chi connectivity index (χ1n) is 10.5. The molecule has 1 fully saturated rings. The molecule has 0 unspecified atom stereocenters. The van der Waals surface area contributed by atoms with Crippen molar-refractivity contribution >= 4 is 69.0 Å². The molecule has 0 aromatic carbocycles. The molecule has 186 valence electrons. The van der Waals surface area contributed by atoms with Crippen molar-refractivity contribution in [3.05, 3.63) is 58.1 Å². The molecule has 2 aliphatic rings. The van der Waals surface area contributed by atoms with Gasteiger partial charge in [0.1, 0.15) is 53.2 Å². The number of nitrogens with one attached hydrogen (secondary N) is 1. The maximum absolute atomic E-state index is 13.1. The number of imidazole rings is 1. The molecule has 12 nitrogen and oxygen atoms in total. The van der Waals surface area contributed by atoms with Gasteiger partial charge in [0, 0.05) is 17.4 Å². The fraction of sp³-hybridized carbons (Fsp3) is 0.238. The third-order valence-electron chi connectivity index (χ3n) is 5.69. The fourth-order valence-corrected chi connectivity index (χ4v) is 6.41. The molecule has 0 aliphatic carbocycles. The maximum atomic E-state index is 13.1. The van der Waals surface area contributed by atoms with E-state index in [9.17, 15) is 19.5 Å². The summed E-state index contributed by atoms with van der Waals surface area (Å²) in [4.78, 5) is 48.2. The highest BCUT2D eigenvalue weighted by molar-refractivity contribution is 8.00. The van der Waals surface area contributed by atoms with Crippen molar-refractivity contribution < 1.29 is 28.9 Å². The topological polar surface area (TPSA) is 156 Å². The number of nitrogen functional groups attached to an aromatic ring is 1. The lowest BCUT2D eigenvalue weighted by molar-refractivity contribution is -0.662. The van der Waals surface area contributed by atoms with Gasteiger partial charge in [0.25, 0.3) is 17.5 Å². The summed E-state index contributed by atoms with van der Waals surface area (Å²) < 4.78 is 3.98. The number of anilines is 1. The second-order valence-electron chi connectivity index (χ2n) is 7.81. The molecule has 2 amide bonds. The highest BCUT2D eigenvalue weighted by Gasteiger charge is 2.54. The van der Waals surface area contributed by atoms with Crippen molar-refractivity contribution in [3.8, 4) is 0 Å². The second kappa shape index (κ2) is 9.44. The van der Waals surface area contributed by atoms with Gasteiger partial charge in [-0.2, -0.15) is 0 Å². The molecule has 3 aromatic heterocycles. The number of carboxylic acid groups (broad SMARTS) is 1. The highest BCUT2D eigenvalue weighted by atomic mass is 35.5. The Kier molecular flexibility index (Phi) is 6.32. The van der Waals surface area contributed by atoms with Crippen molar-refractivity contribution in [1.82, 2.24) is 19.6 Å². The van der Waals surface area contributed by atoms with Crippen molar-refractivity contribution in [3.63, 3.8) is 0 Å².